The number of pyridine rings is 1. The van der Waals surface area contributed by atoms with Gasteiger partial charge in [0.15, 0.2) is 6.61 Å². The summed E-state index contributed by atoms with van der Waals surface area (Å²) in [5.41, 5.74) is 2.08. The Bertz CT molecular complexity index is 824. The van der Waals surface area contributed by atoms with Gasteiger partial charge in [0.2, 0.25) is 0 Å². The Morgan fingerprint density at radius 3 is 2.55 bits per heavy atom. The number of amides is 1. The molecular formula is C23H32N4O2. The average molecular weight is 397 g/mol. The van der Waals surface area contributed by atoms with Crippen LogP contribution in [0.25, 0.3) is 0 Å². The molecule has 1 amide bonds. The van der Waals surface area contributed by atoms with Crippen molar-refractivity contribution in [3.05, 3.63) is 53.7 Å². The predicted octanol–water partition coefficient (Wildman–Crippen LogP) is 2.83. The van der Waals surface area contributed by atoms with Gasteiger partial charge in [-0.25, -0.2) is 4.98 Å². The van der Waals surface area contributed by atoms with Crippen LogP contribution < -0.4 is 15.0 Å². The number of hydrogen-bond donors (Lipinski definition) is 1. The maximum atomic E-state index is 12.4. The number of nitrogens with one attached hydrogen (secondary N) is 1. The summed E-state index contributed by atoms with van der Waals surface area (Å²) >= 11 is 0. The molecule has 0 saturated carbocycles. The van der Waals surface area contributed by atoms with Crippen LogP contribution >= 0.6 is 0 Å². The maximum Gasteiger partial charge on any atom is 0.258 e. The molecule has 1 saturated heterocycles. The first-order valence-corrected chi connectivity index (χ1v) is 10.2. The summed E-state index contributed by atoms with van der Waals surface area (Å²) in [7, 11) is 2.13. The highest BCUT2D eigenvalue weighted by Gasteiger charge is 2.20. The first-order chi connectivity index (χ1) is 13.8. The molecule has 0 radical (unpaired) electrons. The van der Waals surface area contributed by atoms with Crippen LogP contribution in [0, 0.1) is 0 Å². The molecule has 1 fully saturated rings. The van der Waals surface area contributed by atoms with Crippen molar-refractivity contribution in [1.82, 2.24) is 15.2 Å². The van der Waals surface area contributed by atoms with E-state index >= 15 is 0 Å². The number of carbonyl (C=O) groups is 1. The lowest BCUT2D eigenvalue weighted by Gasteiger charge is -2.34. The zero-order valence-corrected chi connectivity index (χ0v) is 17.9. The number of aromatic nitrogens is 1. The number of nitrogens with zero attached hydrogens (tertiary/aromatic N) is 3. The summed E-state index contributed by atoms with van der Waals surface area (Å²) in [6, 6.07) is 11.8. The highest BCUT2D eigenvalue weighted by molar-refractivity contribution is 5.77. The Hall–Kier alpha value is -2.60. The van der Waals surface area contributed by atoms with E-state index in [1.165, 1.54) is 0 Å². The van der Waals surface area contributed by atoms with Crippen molar-refractivity contribution in [2.75, 3.05) is 44.7 Å². The van der Waals surface area contributed by atoms with Crippen molar-refractivity contribution in [2.45, 2.75) is 32.7 Å². The van der Waals surface area contributed by atoms with E-state index in [1.54, 1.807) is 0 Å². The number of para-hydroxylation sites is 1. The first kappa shape index (κ1) is 21.1. The molecule has 2 aromatic rings. The predicted molar refractivity (Wildman–Crippen MR) is 116 cm³/mol. The van der Waals surface area contributed by atoms with E-state index < -0.39 is 0 Å². The van der Waals surface area contributed by atoms with Gasteiger partial charge >= 0.3 is 0 Å². The number of rotatable bonds is 6. The fourth-order valence-electron chi connectivity index (χ4n) is 3.47. The third-order valence-electron chi connectivity index (χ3n) is 5.20. The molecule has 3 rings (SSSR count). The van der Waals surface area contributed by atoms with E-state index in [1.807, 2.05) is 42.6 Å². The third-order valence-corrected chi connectivity index (χ3v) is 5.20. The quantitative estimate of drug-likeness (QED) is 0.814. The standard InChI is InChI=1S/C23H32N4O2/c1-23(2,3)19-9-5-6-10-20(19)29-17-21(28)25-16-18-8-7-11-24-22(18)27-14-12-26(4)13-15-27/h5-11H,12-17H2,1-4H3,(H,25,28). The highest BCUT2D eigenvalue weighted by atomic mass is 16.5. The minimum Gasteiger partial charge on any atom is -0.483 e. The van der Waals surface area contributed by atoms with Gasteiger partial charge in [0.25, 0.3) is 5.91 Å². The van der Waals surface area contributed by atoms with Crippen LogP contribution in [-0.4, -0.2) is 55.6 Å². The van der Waals surface area contributed by atoms with Gasteiger partial charge < -0.3 is 19.9 Å². The second-order valence-corrected chi connectivity index (χ2v) is 8.59. The van der Waals surface area contributed by atoms with Gasteiger partial charge in [0, 0.05) is 44.5 Å². The van der Waals surface area contributed by atoms with Crippen molar-refractivity contribution in [3.63, 3.8) is 0 Å². The van der Waals surface area contributed by atoms with E-state index in [0.29, 0.717) is 6.54 Å². The zero-order chi connectivity index (χ0) is 20.9. The van der Waals surface area contributed by atoms with Gasteiger partial charge in [-0.15, -0.1) is 0 Å². The van der Waals surface area contributed by atoms with Gasteiger partial charge in [-0.05, 0) is 30.2 Å². The Balaban J connectivity index is 1.57. The monoisotopic (exact) mass is 396 g/mol. The van der Waals surface area contributed by atoms with E-state index in [4.69, 9.17) is 4.74 Å². The fourth-order valence-corrected chi connectivity index (χ4v) is 3.47. The van der Waals surface area contributed by atoms with Gasteiger partial charge in [-0.2, -0.15) is 0 Å². The van der Waals surface area contributed by atoms with E-state index in [9.17, 15) is 4.79 Å². The van der Waals surface area contributed by atoms with Crippen molar-refractivity contribution >= 4 is 11.7 Å². The summed E-state index contributed by atoms with van der Waals surface area (Å²) in [6.07, 6.45) is 1.81. The molecule has 6 heteroatoms. The van der Waals surface area contributed by atoms with Gasteiger partial charge in [-0.3, -0.25) is 4.79 Å². The lowest BCUT2D eigenvalue weighted by atomic mass is 9.86. The van der Waals surface area contributed by atoms with E-state index in [-0.39, 0.29) is 17.9 Å². The average Bonchev–Trinajstić information content (AvgIpc) is 2.71. The molecule has 0 spiro atoms. The number of anilines is 1. The number of ether oxygens (including phenoxy) is 1. The molecular weight excluding hydrogens is 364 g/mol. The molecule has 29 heavy (non-hydrogen) atoms. The van der Waals surface area contributed by atoms with E-state index in [0.717, 1.165) is 48.9 Å². The van der Waals surface area contributed by atoms with Crippen molar-refractivity contribution < 1.29 is 9.53 Å². The molecule has 1 N–H and O–H groups in total. The number of benzene rings is 1. The Labute approximate surface area is 173 Å². The number of carbonyl (C=O) groups excluding carboxylic acids is 1. The largest absolute Gasteiger partial charge is 0.483 e. The summed E-state index contributed by atoms with van der Waals surface area (Å²) in [5.74, 6) is 1.58. The molecule has 0 bridgehead atoms. The fraction of sp³-hybridized carbons (Fsp3) is 0.478. The van der Waals surface area contributed by atoms with Gasteiger partial charge in [0.1, 0.15) is 11.6 Å². The van der Waals surface area contributed by atoms with Crippen LogP contribution in [0.2, 0.25) is 0 Å². The third kappa shape index (κ3) is 5.70. The SMILES string of the molecule is CN1CCN(c2ncccc2CNC(=O)COc2ccccc2C(C)(C)C)CC1. The summed E-state index contributed by atoms with van der Waals surface area (Å²) in [4.78, 5) is 21.6. The van der Waals surface area contributed by atoms with Crippen LogP contribution in [0.3, 0.4) is 0 Å². The molecule has 0 aliphatic carbocycles. The topological polar surface area (TPSA) is 57.7 Å². The molecule has 1 aromatic heterocycles. The van der Waals surface area contributed by atoms with Crippen LogP contribution in [0.5, 0.6) is 5.75 Å². The number of likely N-dealkylation sites (N-methyl/N-ethyl adjacent to an activating group) is 1. The van der Waals surface area contributed by atoms with Crippen LogP contribution in [0.4, 0.5) is 5.82 Å². The summed E-state index contributed by atoms with van der Waals surface area (Å²) in [5, 5.41) is 2.97. The molecule has 0 unspecified atom stereocenters. The minimum absolute atomic E-state index is 0.00278. The van der Waals surface area contributed by atoms with Crippen LogP contribution in [-0.2, 0) is 16.8 Å². The van der Waals surface area contributed by atoms with Crippen molar-refractivity contribution in [2.24, 2.45) is 0 Å². The minimum atomic E-state index is -0.137. The highest BCUT2D eigenvalue weighted by Crippen LogP contribution is 2.30. The molecule has 1 aliphatic heterocycles. The van der Waals surface area contributed by atoms with Gasteiger partial charge in [0.05, 0.1) is 0 Å². The Morgan fingerprint density at radius 1 is 1.10 bits per heavy atom. The van der Waals surface area contributed by atoms with Crippen molar-refractivity contribution in [3.8, 4) is 5.75 Å². The Kier molecular flexibility index (Phi) is 6.75. The van der Waals surface area contributed by atoms with E-state index in [2.05, 4.69) is 47.9 Å². The Morgan fingerprint density at radius 2 is 1.83 bits per heavy atom. The summed E-state index contributed by atoms with van der Waals surface area (Å²) < 4.78 is 5.83. The molecule has 0 atom stereocenters. The van der Waals surface area contributed by atoms with Crippen LogP contribution in [0.15, 0.2) is 42.6 Å². The number of piperazine rings is 1. The second kappa shape index (κ2) is 9.27. The van der Waals surface area contributed by atoms with Crippen LogP contribution in [0.1, 0.15) is 31.9 Å². The van der Waals surface area contributed by atoms with Crippen molar-refractivity contribution in [1.29, 1.82) is 0 Å². The number of hydrogen-bond acceptors (Lipinski definition) is 5. The molecule has 1 aromatic carbocycles. The molecule has 2 heterocycles. The zero-order valence-electron chi connectivity index (χ0n) is 17.9. The second-order valence-electron chi connectivity index (χ2n) is 8.59. The smallest absolute Gasteiger partial charge is 0.258 e. The van der Waals surface area contributed by atoms with Gasteiger partial charge in [-0.1, -0.05) is 45.0 Å². The molecule has 156 valence electrons. The molecule has 1 aliphatic rings. The maximum absolute atomic E-state index is 12.4. The lowest BCUT2D eigenvalue weighted by molar-refractivity contribution is -0.123. The summed E-state index contributed by atoms with van der Waals surface area (Å²) in [6.45, 7) is 10.8. The lowest BCUT2D eigenvalue weighted by Crippen LogP contribution is -2.45. The normalized spacial score (nSPS) is 15.2. The first-order valence-electron chi connectivity index (χ1n) is 10.2. The molecule has 6 nitrogen and oxygen atoms in total.